The van der Waals surface area contributed by atoms with E-state index in [4.69, 9.17) is 16.9 Å². The number of hydrogen-bond acceptors (Lipinski definition) is 3. The lowest BCUT2D eigenvalue weighted by Gasteiger charge is -2.06. The second kappa shape index (κ2) is 4.98. The summed E-state index contributed by atoms with van der Waals surface area (Å²) in [5.41, 5.74) is 0.153. The minimum Gasteiger partial charge on any atom is -0.307 e. The van der Waals surface area contributed by atoms with Gasteiger partial charge in [-0.3, -0.25) is 4.79 Å². The molecule has 2 aromatic rings. The van der Waals surface area contributed by atoms with Crippen molar-refractivity contribution in [3.05, 3.63) is 63.0 Å². The Hall–Kier alpha value is -2.19. The normalized spacial score (nSPS) is 10.1. The molecule has 1 heterocycles. The maximum absolute atomic E-state index is 13.1. The topological polar surface area (TPSA) is 58.7 Å². The van der Waals surface area contributed by atoms with E-state index >= 15 is 0 Å². The summed E-state index contributed by atoms with van der Waals surface area (Å²) in [6.07, 6.45) is 2.88. The molecule has 0 fully saturated rings. The molecule has 0 atom stereocenters. The van der Waals surface area contributed by atoms with Gasteiger partial charge in [0.15, 0.2) is 5.15 Å². The molecule has 0 bridgehead atoms. The second-order valence-electron chi connectivity index (χ2n) is 3.58. The van der Waals surface area contributed by atoms with Gasteiger partial charge in [0.2, 0.25) is 0 Å². The van der Waals surface area contributed by atoms with Gasteiger partial charge in [-0.05, 0) is 17.7 Å². The summed E-state index contributed by atoms with van der Waals surface area (Å²) in [4.78, 5) is 15.3. The fourth-order valence-corrected chi connectivity index (χ4v) is 1.66. The van der Waals surface area contributed by atoms with Gasteiger partial charge in [0, 0.05) is 12.4 Å². The highest BCUT2D eigenvalue weighted by Gasteiger charge is 2.06. The zero-order chi connectivity index (χ0) is 13.1. The number of nitriles is 1. The standard InChI is InChI=1S/C12H7ClFN3O/c13-11-12(18)17(4-3-16-11)7-8-1-2-10(14)9(5-8)6-15/h1-5H,7H2. The maximum Gasteiger partial charge on any atom is 0.288 e. The fraction of sp³-hybridized carbons (Fsp3) is 0.0833. The molecule has 0 amide bonds. The maximum atomic E-state index is 13.1. The summed E-state index contributed by atoms with van der Waals surface area (Å²) in [5, 5.41) is 8.59. The molecule has 0 saturated carbocycles. The molecule has 0 saturated heterocycles. The molecule has 2 rings (SSSR count). The summed E-state index contributed by atoms with van der Waals surface area (Å²) in [6.45, 7) is 0.204. The minimum absolute atomic E-state index is 0.0549. The molecule has 18 heavy (non-hydrogen) atoms. The minimum atomic E-state index is -0.582. The molecule has 1 aromatic carbocycles. The van der Waals surface area contributed by atoms with Crippen LogP contribution in [0.4, 0.5) is 4.39 Å². The molecule has 6 heteroatoms. The number of aromatic nitrogens is 2. The predicted octanol–water partition coefficient (Wildman–Crippen LogP) is 1.96. The van der Waals surface area contributed by atoms with Crippen molar-refractivity contribution in [2.45, 2.75) is 6.54 Å². The van der Waals surface area contributed by atoms with Crippen molar-refractivity contribution >= 4 is 11.6 Å². The lowest BCUT2D eigenvalue weighted by Crippen LogP contribution is -2.21. The first-order chi connectivity index (χ1) is 8.61. The molecule has 0 spiro atoms. The third-order valence-corrected chi connectivity index (χ3v) is 2.64. The monoisotopic (exact) mass is 263 g/mol. The van der Waals surface area contributed by atoms with Gasteiger partial charge >= 0.3 is 0 Å². The van der Waals surface area contributed by atoms with E-state index in [1.807, 2.05) is 0 Å². The van der Waals surface area contributed by atoms with Crippen LogP contribution >= 0.6 is 11.6 Å². The van der Waals surface area contributed by atoms with Crippen molar-refractivity contribution in [1.29, 1.82) is 5.26 Å². The molecule has 0 radical (unpaired) electrons. The number of benzene rings is 1. The van der Waals surface area contributed by atoms with Crippen LogP contribution in [0.1, 0.15) is 11.1 Å². The van der Waals surface area contributed by atoms with Crippen LogP contribution in [-0.4, -0.2) is 9.55 Å². The van der Waals surface area contributed by atoms with Crippen LogP contribution in [0.5, 0.6) is 0 Å². The Labute approximate surface area is 107 Å². The molecule has 0 N–H and O–H groups in total. The van der Waals surface area contributed by atoms with Crippen LogP contribution in [0.2, 0.25) is 5.15 Å². The van der Waals surface area contributed by atoms with Gasteiger partial charge in [0.1, 0.15) is 11.9 Å². The summed E-state index contributed by atoms with van der Waals surface area (Å²) in [5.74, 6) is -0.582. The van der Waals surface area contributed by atoms with Gasteiger partial charge in [0.25, 0.3) is 5.56 Å². The largest absolute Gasteiger partial charge is 0.307 e. The van der Waals surface area contributed by atoms with Crippen LogP contribution in [0, 0.1) is 17.1 Å². The lowest BCUT2D eigenvalue weighted by atomic mass is 10.1. The van der Waals surface area contributed by atoms with E-state index in [0.717, 1.165) is 0 Å². The van der Waals surface area contributed by atoms with Crippen molar-refractivity contribution in [1.82, 2.24) is 9.55 Å². The van der Waals surface area contributed by atoms with Gasteiger partial charge in [-0.25, -0.2) is 9.37 Å². The average Bonchev–Trinajstić information content (AvgIpc) is 2.37. The van der Waals surface area contributed by atoms with E-state index < -0.39 is 11.4 Å². The van der Waals surface area contributed by atoms with E-state index in [1.165, 1.54) is 35.2 Å². The van der Waals surface area contributed by atoms with Crippen molar-refractivity contribution in [2.24, 2.45) is 0 Å². The Bertz CT molecular complexity index is 690. The number of hydrogen-bond donors (Lipinski definition) is 0. The van der Waals surface area contributed by atoms with E-state index in [1.54, 1.807) is 6.07 Å². The molecule has 0 aliphatic heterocycles. The Morgan fingerprint density at radius 3 is 3.00 bits per heavy atom. The summed E-state index contributed by atoms with van der Waals surface area (Å²) >= 11 is 5.61. The van der Waals surface area contributed by atoms with E-state index in [0.29, 0.717) is 5.56 Å². The summed E-state index contributed by atoms with van der Waals surface area (Å²) in [6, 6.07) is 5.85. The first-order valence-electron chi connectivity index (χ1n) is 5.01. The van der Waals surface area contributed by atoms with E-state index in [-0.39, 0.29) is 17.3 Å². The number of halogens is 2. The Balaban J connectivity index is 2.38. The molecule has 0 aliphatic carbocycles. The number of rotatable bonds is 2. The van der Waals surface area contributed by atoms with Crippen molar-refractivity contribution in [3.63, 3.8) is 0 Å². The predicted molar refractivity (Wildman–Crippen MR) is 63.7 cm³/mol. The van der Waals surface area contributed by atoms with E-state index in [2.05, 4.69) is 4.98 Å². The molecule has 0 unspecified atom stereocenters. The van der Waals surface area contributed by atoms with Crippen LogP contribution in [0.15, 0.2) is 35.4 Å². The van der Waals surface area contributed by atoms with Gasteiger partial charge in [-0.2, -0.15) is 5.26 Å². The highest BCUT2D eigenvalue weighted by atomic mass is 35.5. The van der Waals surface area contributed by atoms with E-state index in [9.17, 15) is 9.18 Å². The third-order valence-electron chi connectivity index (χ3n) is 2.38. The Morgan fingerprint density at radius 1 is 1.50 bits per heavy atom. The van der Waals surface area contributed by atoms with Gasteiger partial charge in [-0.1, -0.05) is 17.7 Å². The molecular weight excluding hydrogens is 257 g/mol. The smallest absolute Gasteiger partial charge is 0.288 e. The van der Waals surface area contributed by atoms with Crippen molar-refractivity contribution in [3.8, 4) is 6.07 Å². The Kier molecular flexibility index (Phi) is 3.40. The first-order valence-corrected chi connectivity index (χ1v) is 5.39. The zero-order valence-corrected chi connectivity index (χ0v) is 9.86. The highest BCUT2D eigenvalue weighted by Crippen LogP contribution is 2.10. The highest BCUT2D eigenvalue weighted by molar-refractivity contribution is 6.29. The molecule has 0 aliphatic rings. The number of nitrogens with zero attached hydrogens (tertiary/aromatic N) is 3. The zero-order valence-electron chi connectivity index (χ0n) is 9.10. The molecule has 1 aromatic heterocycles. The van der Waals surface area contributed by atoms with Crippen LogP contribution in [-0.2, 0) is 6.54 Å². The third kappa shape index (κ3) is 2.39. The van der Waals surface area contributed by atoms with Crippen LogP contribution in [0.25, 0.3) is 0 Å². The van der Waals surface area contributed by atoms with Gasteiger partial charge in [0.05, 0.1) is 12.1 Å². The summed E-state index contributed by atoms with van der Waals surface area (Å²) in [7, 11) is 0. The molecule has 4 nitrogen and oxygen atoms in total. The van der Waals surface area contributed by atoms with Crippen LogP contribution < -0.4 is 5.56 Å². The quantitative estimate of drug-likeness (QED) is 0.832. The molecular formula is C12H7ClFN3O. The lowest BCUT2D eigenvalue weighted by molar-refractivity contribution is 0.622. The summed E-state index contributed by atoms with van der Waals surface area (Å²) < 4.78 is 14.5. The average molecular weight is 264 g/mol. The first kappa shape index (κ1) is 12.3. The van der Waals surface area contributed by atoms with Crippen molar-refractivity contribution in [2.75, 3.05) is 0 Å². The second-order valence-corrected chi connectivity index (χ2v) is 3.94. The Morgan fingerprint density at radius 2 is 2.28 bits per heavy atom. The molecule has 90 valence electrons. The SMILES string of the molecule is N#Cc1cc(Cn2ccnc(Cl)c2=O)ccc1F. The van der Waals surface area contributed by atoms with Gasteiger partial charge < -0.3 is 4.57 Å². The van der Waals surface area contributed by atoms with Crippen molar-refractivity contribution < 1.29 is 4.39 Å². The van der Waals surface area contributed by atoms with Gasteiger partial charge in [-0.15, -0.1) is 0 Å². The van der Waals surface area contributed by atoms with Crippen LogP contribution in [0.3, 0.4) is 0 Å². The fourth-order valence-electron chi connectivity index (χ4n) is 1.50.